The minimum Gasteiger partial charge on any atom is -0.490 e. The van der Waals surface area contributed by atoms with Gasteiger partial charge in [-0.1, -0.05) is 25.1 Å². The zero-order chi connectivity index (χ0) is 18.2. The average molecular weight is 410 g/mol. The van der Waals surface area contributed by atoms with Crippen LogP contribution < -0.4 is 14.8 Å². The number of ether oxygens (including phenoxy) is 2. The lowest BCUT2D eigenvalue weighted by molar-refractivity contribution is 0.264. The Kier molecular flexibility index (Phi) is 7.72. The molecule has 2 aromatic carbocycles. The van der Waals surface area contributed by atoms with Gasteiger partial charge in [0.25, 0.3) is 0 Å². The average Bonchev–Trinajstić information content (AvgIpc) is 2.60. The van der Waals surface area contributed by atoms with E-state index in [1.807, 2.05) is 19.1 Å². The Hall–Kier alpha value is -1.59. The maximum Gasteiger partial charge on any atom is 0.175 e. The lowest BCUT2D eigenvalue weighted by Gasteiger charge is -2.17. The molecule has 0 bridgehead atoms. The Morgan fingerprint density at radius 2 is 1.92 bits per heavy atom. The van der Waals surface area contributed by atoms with Crippen LogP contribution in [0.15, 0.2) is 40.9 Å². The molecule has 136 valence electrons. The van der Waals surface area contributed by atoms with Crippen molar-refractivity contribution in [3.05, 3.63) is 57.8 Å². The van der Waals surface area contributed by atoms with Gasteiger partial charge in [0, 0.05) is 18.2 Å². The third-order valence-corrected chi connectivity index (χ3v) is 4.56. The van der Waals surface area contributed by atoms with Crippen LogP contribution in [0.4, 0.5) is 4.39 Å². The SMILES string of the molecule is CCOc1cc(CN[C@H](C)CC)cc(Br)c1OCc1ccccc1F. The van der Waals surface area contributed by atoms with Gasteiger partial charge in [0.2, 0.25) is 0 Å². The van der Waals surface area contributed by atoms with E-state index in [2.05, 4.69) is 35.1 Å². The van der Waals surface area contributed by atoms with Crippen LogP contribution in [0.1, 0.15) is 38.3 Å². The van der Waals surface area contributed by atoms with Crippen molar-refractivity contribution in [1.82, 2.24) is 5.32 Å². The molecule has 5 heteroatoms. The number of halogens is 2. The normalized spacial score (nSPS) is 12.0. The molecule has 0 aromatic heterocycles. The van der Waals surface area contributed by atoms with Crippen molar-refractivity contribution in [2.45, 2.75) is 46.4 Å². The lowest BCUT2D eigenvalue weighted by Crippen LogP contribution is -2.24. The maximum absolute atomic E-state index is 13.8. The summed E-state index contributed by atoms with van der Waals surface area (Å²) in [5.41, 5.74) is 1.62. The molecule has 1 N–H and O–H groups in total. The van der Waals surface area contributed by atoms with E-state index in [0.29, 0.717) is 29.7 Å². The molecule has 2 aromatic rings. The second-order valence-electron chi connectivity index (χ2n) is 5.91. The fourth-order valence-corrected chi connectivity index (χ4v) is 2.93. The summed E-state index contributed by atoms with van der Waals surface area (Å²) in [7, 11) is 0. The zero-order valence-electron chi connectivity index (χ0n) is 14.9. The monoisotopic (exact) mass is 409 g/mol. The number of hydrogen-bond donors (Lipinski definition) is 1. The van der Waals surface area contributed by atoms with E-state index >= 15 is 0 Å². The predicted octanol–water partition coefficient (Wildman–Crippen LogP) is 5.45. The minimum absolute atomic E-state index is 0.149. The van der Waals surface area contributed by atoms with E-state index < -0.39 is 0 Å². The molecule has 0 radical (unpaired) electrons. The molecule has 0 saturated heterocycles. The van der Waals surface area contributed by atoms with Gasteiger partial charge in [0.15, 0.2) is 11.5 Å². The first-order valence-electron chi connectivity index (χ1n) is 8.59. The van der Waals surface area contributed by atoms with Crippen LogP contribution >= 0.6 is 15.9 Å². The largest absolute Gasteiger partial charge is 0.490 e. The third-order valence-electron chi connectivity index (χ3n) is 3.97. The topological polar surface area (TPSA) is 30.5 Å². The lowest BCUT2D eigenvalue weighted by atomic mass is 10.1. The van der Waals surface area contributed by atoms with Gasteiger partial charge in [-0.05, 0) is 60.0 Å². The van der Waals surface area contributed by atoms with Gasteiger partial charge in [-0.2, -0.15) is 0 Å². The molecule has 25 heavy (non-hydrogen) atoms. The molecule has 0 heterocycles. The van der Waals surface area contributed by atoms with E-state index in [4.69, 9.17) is 9.47 Å². The molecule has 0 saturated carbocycles. The Balaban J connectivity index is 2.17. The number of hydrogen-bond acceptors (Lipinski definition) is 3. The van der Waals surface area contributed by atoms with Crippen LogP contribution in [0, 0.1) is 5.82 Å². The molecular formula is C20H25BrFNO2. The molecule has 3 nitrogen and oxygen atoms in total. The fraction of sp³-hybridized carbons (Fsp3) is 0.400. The van der Waals surface area contributed by atoms with Crippen LogP contribution in [0.5, 0.6) is 11.5 Å². The van der Waals surface area contributed by atoms with E-state index in [-0.39, 0.29) is 12.4 Å². The van der Waals surface area contributed by atoms with Crippen molar-refractivity contribution in [3.63, 3.8) is 0 Å². The van der Waals surface area contributed by atoms with E-state index in [0.717, 1.165) is 23.0 Å². The van der Waals surface area contributed by atoms with Gasteiger partial charge >= 0.3 is 0 Å². The predicted molar refractivity (Wildman–Crippen MR) is 103 cm³/mol. The van der Waals surface area contributed by atoms with Crippen molar-refractivity contribution >= 4 is 15.9 Å². The van der Waals surface area contributed by atoms with Gasteiger partial charge < -0.3 is 14.8 Å². The van der Waals surface area contributed by atoms with Crippen LogP contribution in [0.25, 0.3) is 0 Å². The second kappa shape index (κ2) is 9.78. The summed E-state index contributed by atoms with van der Waals surface area (Å²) in [5.74, 6) is 0.984. The Morgan fingerprint density at radius 3 is 2.60 bits per heavy atom. The summed E-state index contributed by atoms with van der Waals surface area (Å²) in [6.45, 7) is 7.67. The first kappa shape index (κ1) is 19.7. The molecule has 0 spiro atoms. The first-order chi connectivity index (χ1) is 12.0. The summed E-state index contributed by atoms with van der Waals surface area (Å²) >= 11 is 3.56. The summed E-state index contributed by atoms with van der Waals surface area (Å²) < 4.78 is 26.2. The van der Waals surface area contributed by atoms with Crippen molar-refractivity contribution in [1.29, 1.82) is 0 Å². The Bertz CT molecular complexity index is 693. The second-order valence-corrected chi connectivity index (χ2v) is 6.76. The number of benzene rings is 2. The summed E-state index contributed by atoms with van der Waals surface area (Å²) in [6, 6.07) is 11.0. The molecule has 0 aliphatic carbocycles. The fourth-order valence-electron chi connectivity index (χ4n) is 2.33. The van der Waals surface area contributed by atoms with Crippen molar-refractivity contribution in [2.75, 3.05) is 6.61 Å². The van der Waals surface area contributed by atoms with E-state index in [1.54, 1.807) is 18.2 Å². The number of nitrogens with one attached hydrogen (secondary N) is 1. The van der Waals surface area contributed by atoms with Gasteiger partial charge in [0.05, 0.1) is 11.1 Å². The Labute approximate surface area is 157 Å². The smallest absolute Gasteiger partial charge is 0.175 e. The van der Waals surface area contributed by atoms with Gasteiger partial charge in [-0.25, -0.2) is 4.39 Å². The maximum atomic E-state index is 13.8. The van der Waals surface area contributed by atoms with E-state index in [1.165, 1.54) is 6.07 Å². The van der Waals surface area contributed by atoms with Gasteiger partial charge in [0.1, 0.15) is 12.4 Å². The van der Waals surface area contributed by atoms with Crippen LogP contribution in [0.2, 0.25) is 0 Å². The molecule has 0 aliphatic rings. The highest BCUT2D eigenvalue weighted by Gasteiger charge is 2.14. The number of rotatable bonds is 9. The summed E-state index contributed by atoms with van der Waals surface area (Å²) in [4.78, 5) is 0. The highest BCUT2D eigenvalue weighted by atomic mass is 79.9. The zero-order valence-corrected chi connectivity index (χ0v) is 16.5. The van der Waals surface area contributed by atoms with E-state index in [9.17, 15) is 4.39 Å². The van der Waals surface area contributed by atoms with Crippen LogP contribution in [-0.4, -0.2) is 12.6 Å². The highest BCUT2D eigenvalue weighted by molar-refractivity contribution is 9.10. The van der Waals surface area contributed by atoms with Crippen molar-refractivity contribution in [3.8, 4) is 11.5 Å². The standard InChI is InChI=1S/C20H25BrFNO2/c1-4-14(3)23-12-15-10-17(21)20(19(11-15)24-5-2)25-13-16-8-6-7-9-18(16)22/h6-11,14,23H,4-5,12-13H2,1-3H3/t14-/m1/s1. The summed E-state index contributed by atoms with van der Waals surface area (Å²) in [6.07, 6.45) is 1.07. The molecule has 0 fully saturated rings. The molecular weight excluding hydrogens is 385 g/mol. The highest BCUT2D eigenvalue weighted by Crippen LogP contribution is 2.37. The van der Waals surface area contributed by atoms with Crippen molar-refractivity contribution in [2.24, 2.45) is 0 Å². The third kappa shape index (κ3) is 5.72. The van der Waals surface area contributed by atoms with Crippen LogP contribution in [-0.2, 0) is 13.2 Å². The van der Waals surface area contributed by atoms with Gasteiger partial charge in [-0.3, -0.25) is 0 Å². The summed E-state index contributed by atoms with van der Waals surface area (Å²) in [5, 5.41) is 3.46. The molecule has 0 unspecified atom stereocenters. The first-order valence-corrected chi connectivity index (χ1v) is 9.39. The Morgan fingerprint density at radius 1 is 1.16 bits per heavy atom. The molecule has 2 rings (SSSR count). The molecule has 0 amide bonds. The molecule has 1 atom stereocenters. The van der Waals surface area contributed by atoms with Crippen molar-refractivity contribution < 1.29 is 13.9 Å². The van der Waals surface area contributed by atoms with Gasteiger partial charge in [-0.15, -0.1) is 0 Å². The van der Waals surface area contributed by atoms with Crippen LogP contribution in [0.3, 0.4) is 0 Å². The molecule has 0 aliphatic heterocycles. The minimum atomic E-state index is -0.272. The quantitative estimate of drug-likeness (QED) is 0.596.